The second kappa shape index (κ2) is 5.87. The van der Waals surface area contributed by atoms with Gasteiger partial charge in [-0.25, -0.2) is 0 Å². The van der Waals surface area contributed by atoms with Crippen LogP contribution in [-0.2, 0) is 4.79 Å². The van der Waals surface area contributed by atoms with E-state index in [1.807, 2.05) is 26.0 Å². The molecule has 2 rings (SSSR count). The van der Waals surface area contributed by atoms with Crippen molar-refractivity contribution in [3.63, 3.8) is 0 Å². The molecular formula is C17H21NO. The van der Waals surface area contributed by atoms with Crippen LogP contribution in [0.5, 0.6) is 0 Å². The molecule has 0 heterocycles. The van der Waals surface area contributed by atoms with Crippen molar-refractivity contribution in [3.05, 3.63) is 42.5 Å². The summed E-state index contributed by atoms with van der Waals surface area (Å²) in [5, 5.41) is 2.43. The molecule has 0 saturated heterocycles. The van der Waals surface area contributed by atoms with Crippen LogP contribution in [-0.4, -0.2) is 18.4 Å². The van der Waals surface area contributed by atoms with Gasteiger partial charge in [0.25, 0.3) is 0 Å². The minimum Gasteiger partial charge on any atom is -0.362 e. The number of nitrogens with zero attached hydrogens (tertiary/aromatic N) is 1. The zero-order chi connectivity index (χ0) is 13.8. The second-order valence-electron chi connectivity index (χ2n) is 4.78. The Kier molecular flexibility index (Phi) is 4.20. The lowest BCUT2D eigenvalue weighted by atomic mass is 10.0. The van der Waals surface area contributed by atoms with Crippen LogP contribution in [0.15, 0.2) is 42.5 Å². The highest BCUT2D eigenvalue weighted by Gasteiger charge is 2.20. The maximum absolute atomic E-state index is 12.0. The number of anilines is 1. The minimum absolute atomic E-state index is 0.0687. The third-order valence-electron chi connectivity index (χ3n) is 3.70. The summed E-state index contributed by atoms with van der Waals surface area (Å²) >= 11 is 0. The Balaban J connectivity index is 2.49. The molecule has 0 saturated carbocycles. The average Bonchev–Trinajstić information content (AvgIpc) is 2.47. The molecule has 0 aliphatic heterocycles. The second-order valence-corrected chi connectivity index (χ2v) is 4.78. The van der Waals surface area contributed by atoms with Crippen LogP contribution in [0.1, 0.15) is 27.2 Å². The van der Waals surface area contributed by atoms with Crippen LogP contribution in [0.3, 0.4) is 0 Å². The van der Waals surface area contributed by atoms with E-state index >= 15 is 0 Å². The van der Waals surface area contributed by atoms with Crippen molar-refractivity contribution < 1.29 is 4.79 Å². The van der Waals surface area contributed by atoms with Crippen LogP contribution in [0, 0.1) is 0 Å². The molecule has 0 N–H and O–H groups in total. The Hall–Kier alpha value is -1.83. The van der Waals surface area contributed by atoms with Gasteiger partial charge in [0.2, 0.25) is 0 Å². The Labute approximate surface area is 115 Å². The van der Waals surface area contributed by atoms with Gasteiger partial charge in [0.1, 0.15) is 0 Å². The molecule has 0 aliphatic rings. The van der Waals surface area contributed by atoms with Crippen LogP contribution < -0.4 is 4.90 Å². The number of likely N-dealkylation sites (N-methyl/N-ethyl adjacent to an activating group) is 1. The average molecular weight is 255 g/mol. The first-order valence-electron chi connectivity index (χ1n) is 6.96. The molecule has 0 amide bonds. The van der Waals surface area contributed by atoms with E-state index in [-0.39, 0.29) is 11.8 Å². The number of rotatable bonds is 5. The van der Waals surface area contributed by atoms with E-state index in [4.69, 9.17) is 0 Å². The third-order valence-corrected chi connectivity index (χ3v) is 3.70. The molecule has 0 aliphatic carbocycles. The number of hydrogen-bond acceptors (Lipinski definition) is 2. The van der Waals surface area contributed by atoms with Gasteiger partial charge < -0.3 is 4.90 Å². The lowest BCUT2D eigenvalue weighted by molar-refractivity contribution is -0.119. The summed E-state index contributed by atoms with van der Waals surface area (Å²) in [6.07, 6.45) is 0.586. The summed E-state index contributed by atoms with van der Waals surface area (Å²) in [4.78, 5) is 14.2. The van der Waals surface area contributed by atoms with E-state index in [9.17, 15) is 4.79 Å². The molecule has 19 heavy (non-hydrogen) atoms. The fraction of sp³-hybridized carbons (Fsp3) is 0.353. The van der Waals surface area contributed by atoms with Gasteiger partial charge in [-0.15, -0.1) is 0 Å². The highest BCUT2D eigenvalue weighted by Crippen LogP contribution is 2.28. The number of fused-ring (bicyclic) bond motifs is 1. The summed E-state index contributed by atoms with van der Waals surface area (Å²) in [6, 6.07) is 14.5. The largest absolute Gasteiger partial charge is 0.362 e. The number of carbonyl (C=O) groups is 1. The van der Waals surface area contributed by atoms with Crippen LogP contribution in [0.2, 0.25) is 0 Å². The molecule has 1 atom stereocenters. The molecule has 2 aromatic rings. The molecule has 2 aromatic carbocycles. The molecule has 0 spiro atoms. The van der Waals surface area contributed by atoms with Gasteiger partial charge in [-0.3, -0.25) is 4.79 Å². The smallest absolute Gasteiger partial charge is 0.154 e. The Morgan fingerprint density at radius 2 is 1.79 bits per heavy atom. The maximum Gasteiger partial charge on any atom is 0.154 e. The molecule has 0 bridgehead atoms. The lowest BCUT2D eigenvalue weighted by Crippen LogP contribution is -2.38. The monoisotopic (exact) mass is 255 g/mol. The number of Topliss-reactive ketones (excluding diaryl/α,β-unsaturated/α-hetero) is 1. The summed E-state index contributed by atoms with van der Waals surface area (Å²) in [7, 11) is 0. The van der Waals surface area contributed by atoms with E-state index in [0.717, 1.165) is 12.2 Å². The maximum atomic E-state index is 12.0. The molecule has 2 heteroatoms. The van der Waals surface area contributed by atoms with Crippen molar-refractivity contribution in [2.75, 3.05) is 11.4 Å². The van der Waals surface area contributed by atoms with Gasteiger partial charge in [-0.2, -0.15) is 0 Å². The van der Waals surface area contributed by atoms with Gasteiger partial charge >= 0.3 is 0 Å². The van der Waals surface area contributed by atoms with Crippen molar-refractivity contribution in [3.8, 4) is 0 Å². The SMILES string of the molecule is CCC(=O)C(C)N(CC)c1cccc2ccccc12. The van der Waals surface area contributed by atoms with Gasteiger partial charge in [0.05, 0.1) is 6.04 Å². The molecule has 1 unspecified atom stereocenters. The quantitative estimate of drug-likeness (QED) is 0.804. The standard InChI is InChI=1S/C17H21NO/c1-4-17(19)13(3)18(5-2)16-12-8-10-14-9-6-7-11-15(14)16/h6-13H,4-5H2,1-3H3. The first kappa shape index (κ1) is 13.6. The zero-order valence-corrected chi connectivity index (χ0v) is 11.9. The van der Waals surface area contributed by atoms with E-state index < -0.39 is 0 Å². The van der Waals surface area contributed by atoms with Gasteiger partial charge in [-0.1, -0.05) is 43.3 Å². The van der Waals surface area contributed by atoms with Crippen molar-refractivity contribution in [2.24, 2.45) is 0 Å². The van der Waals surface area contributed by atoms with Crippen molar-refractivity contribution in [1.82, 2.24) is 0 Å². The lowest BCUT2D eigenvalue weighted by Gasteiger charge is -2.30. The van der Waals surface area contributed by atoms with E-state index in [0.29, 0.717) is 6.42 Å². The summed E-state index contributed by atoms with van der Waals surface area (Å²) in [6.45, 7) is 6.86. The summed E-state index contributed by atoms with van der Waals surface area (Å²) < 4.78 is 0. The molecule has 2 nitrogen and oxygen atoms in total. The topological polar surface area (TPSA) is 20.3 Å². The normalized spacial score (nSPS) is 12.4. The molecule has 0 radical (unpaired) electrons. The Morgan fingerprint density at radius 1 is 1.11 bits per heavy atom. The highest BCUT2D eigenvalue weighted by molar-refractivity contribution is 5.96. The highest BCUT2D eigenvalue weighted by atomic mass is 16.1. The fourth-order valence-electron chi connectivity index (χ4n) is 2.58. The van der Waals surface area contributed by atoms with Gasteiger partial charge in [0, 0.05) is 24.0 Å². The Morgan fingerprint density at radius 3 is 2.47 bits per heavy atom. The molecule has 0 fully saturated rings. The van der Waals surface area contributed by atoms with Crippen molar-refractivity contribution in [1.29, 1.82) is 0 Å². The summed E-state index contributed by atoms with van der Waals surface area (Å²) in [5.74, 6) is 0.287. The van der Waals surface area contributed by atoms with Crippen LogP contribution >= 0.6 is 0 Å². The van der Waals surface area contributed by atoms with Crippen molar-refractivity contribution >= 4 is 22.2 Å². The van der Waals surface area contributed by atoms with Gasteiger partial charge in [-0.05, 0) is 25.3 Å². The predicted molar refractivity (Wildman–Crippen MR) is 81.7 cm³/mol. The number of hydrogen-bond donors (Lipinski definition) is 0. The van der Waals surface area contributed by atoms with E-state index in [1.54, 1.807) is 0 Å². The first-order chi connectivity index (χ1) is 9.19. The van der Waals surface area contributed by atoms with E-state index in [1.165, 1.54) is 10.8 Å². The Bertz CT molecular complexity index is 571. The number of ketones is 1. The van der Waals surface area contributed by atoms with Gasteiger partial charge in [0.15, 0.2) is 5.78 Å². The van der Waals surface area contributed by atoms with Crippen molar-refractivity contribution in [2.45, 2.75) is 33.2 Å². The summed E-state index contributed by atoms with van der Waals surface area (Å²) in [5.41, 5.74) is 1.15. The van der Waals surface area contributed by atoms with Crippen LogP contribution in [0.25, 0.3) is 10.8 Å². The third kappa shape index (κ3) is 2.62. The zero-order valence-electron chi connectivity index (χ0n) is 11.9. The fourth-order valence-corrected chi connectivity index (χ4v) is 2.58. The molecule has 100 valence electrons. The number of benzene rings is 2. The number of carbonyl (C=O) groups excluding carboxylic acids is 1. The molecule has 0 aromatic heterocycles. The minimum atomic E-state index is -0.0687. The molecular weight excluding hydrogens is 234 g/mol. The van der Waals surface area contributed by atoms with E-state index in [2.05, 4.69) is 42.2 Å². The first-order valence-corrected chi connectivity index (χ1v) is 6.96. The van der Waals surface area contributed by atoms with Crippen LogP contribution in [0.4, 0.5) is 5.69 Å². The predicted octanol–water partition coefficient (Wildman–Crippen LogP) is 4.03.